The van der Waals surface area contributed by atoms with E-state index in [0.717, 1.165) is 25.9 Å². The van der Waals surface area contributed by atoms with Crippen LogP contribution >= 0.6 is 0 Å². The third-order valence-electron chi connectivity index (χ3n) is 4.21. The maximum atomic E-state index is 12.1. The fourth-order valence-electron chi connectivity index (χ4n) is 3.30. The molecule has 1 heterocycles. The van der Waals surface area contributed by atoms with Crippen molar-refractivity contribution in [3.63, 3.8) is 0 Å². The minimum Gasteiger partial charge on any atom is -0.468 e. The van der Waals surface area contributed by atoms with Crippen LogP contribution in [0.5, 0.6) is 0 Å². The van der Waals surface area contributed by atoms with Crippen LogP contribution in [0.15, 0.2) is 0 Å². The Bertz CT molecular complexity index is 238. The molecular weight excluding hydrogens is 202 g/mol. The number of methoxy groups -OCH3 is 1. The van der Waals surface area contributed by atoms with Crippen LogP contribution in [0.4, 0.5) is 0 Å². The molecule has 2 rings (SSSR count). The van der Waals surface area contributed by atoms with Crippen molar-refractivity contribution in [3.05, 3.63) is 0 Å². The molecule has 0 aromatic carbocycles. The summed E-state index contributed by atoms with van der Waals surface area (Å²) >= 11 is 0. The number of ether oxygens (including phenoxy) is 1. The first-order chi connectivity index (χ1) is 7.79. The van der Waals surface area contributed by atoms with Gasteiger partial charge in [0.2, 0.25) is 0 Å². The van der Waals surface area contributed by atoms with Gasteiger partial charge in [0.25, 0.3) is 0 Å². The Morgan fingerprint density at radius 2 is 1.56 bits per heavy atom. The summed E-state index contributed by atoms with van der Waals surface area (Å²) in [7, 11) is 1.53. The van der Waals surface area contributed by atoms with Crippen molar-refractivity contribution in [3.8, 4) is 0 Å². The second kappa shape index (κ2) is 5.17. The quantitative estimate of drug-likeness (QED) is 0.676. The third-order valence-corrected chi connectivity index (χ3v) is 4.21. The highest BCUT2D eigenvalue weighted by atomic mass is 16.5. The second-order valence-corrected chi connectivity index (χ2v) is 5.13. The lowest BCUT2D eigenvalue weighted by Crippen LogP contribution is -2.53. The van der Waals surface area contributed by atoms with Crippen molar-refractivity contribution in [2.24, 2.45) is 0 Å². The summed E-state index contributed by atoms with van der Waals surface area (Å²) in [6, 6.07) is 0. The number of carbonyl (C=O) groups excluding carboxylic acids is 1. The van der Waals surface area contributed by atoms with E-state index >= 15 is 0 Å². The Balaban J connectivity index is 2.13. The molecule has 92 valence electrons. The molecule has 0 amide bonds. The van der Waals surface area contributed by atoms with Crippen molar-refractivity contribution < 1.29 is 9.53 Å². The topological polar surface area (TPSA) is 29.5 Å². The molecule has 0 N–H and O–H groups in total. The summed E-state index contributed by atoms with van der Waals surface area (Å²) < 4.78 is 5.05. The molecule has 3 nitrogen and oxygen atoms in total. The number of rotatable bonds is 2. The molecule has 1 aliphatic carbocycles. The minimum atomic E-state index is -0.265. The first kappa shape index (κ1) is 11.9. The van der Waals surface area contributed by atoms with Gasteiger partial charge in [-0.3, -0.25) is 9.69 Å². The van der Waals surface area contributed by atoms with E-state index in [2.05, 4.69) is 4.90 Å². The van der Waals surface area contributed by atoms with Crippen molar-refractivity contribution in [2.75, 3.05) is 20.2 Å². The monoisotopic (exact) mass is 225 g/mol. The van der Waals surface area contributed by atoms with Gasteiger partial charge in [-0.2, -0.15) is 0 Å². The third kappa shape index (κ3) is 2.10. The SMILES string of the molecule is COC(=O)C1(N2CCCCCC2)CCCC1. The van der Waals surface area contributed by atoms with Gasteiger partial charge in [0.1, 0.15) is 5.54 Å². The molecule has 2 aliphatic rings. The van der Waals surface area contributed by atoms with Crippen LogP contribution in [0, 0.1) is 0 Å². The molecule has 1 saturated heterocycles. The van der Waals surface area contributed by atoms with E-state index in [0.29, 0.717) is 0 Å². The molecule has 1 aliphatic heterocycles. The average molecular weight is 225 g/mol. The molecule has 0 unspecified atom stereocenters. The molecule has 3 heteroatoms. The van der Waals surface area contributed by atoms with Crippen molar-refractivity contribution >= 4 is 5.97 Å². The Labute approximate surface area is 98.1 Å². The van der Waals surface area contributed by atoms with Gasteiger partial charge in [0, 0.05) is 0 Å². The highest BCUT2D eigenvalue weighted by molar-refractivity contribution is 5.81. The highest BCUT2D eigenvalue weighted by Gasteiger charge is 2.46. The molecule has 0 aromatic heterocycles. The molecule has 16 heavy (non-hydrogen) atoms. The summed E-state index contributed by atoms with van der Waals surface area (Å²) in [5.74, 6) is 0.00639. The van der Waals surface area contributed by atoms with E-state index in [9.17, 15) is 4.79 Å². The van der Waals surface area contributed by atoms with E-state index in [-0.39, 0.29) is 11.5 Å². The van der Waals surface area contributed by atoms with Gasteiger partial charge >= 0.3 is 5.97 Å². The van der Waals surface area contributed by atoms with Crippen molar-refractivity contribution in [1.29, 1.82) is 0 Å². The number of likely N-dealkylation sites (tertiary alicyclic amines) is 1. The number of hydrogen-bond donors (Lipinski definition) is 0. The Hall–Kier alpha value is -0.570. The Morgan fingerprint density at radius 3 is 2.06 bits per heavy atom. The summed E-state index contributed by atoms with van der Waals surface area (Å²) in [5, 5.41) is 0. The van der Waals surface area contributed by atoms with Gasteiger partial charge in [-0.1, -0.05) is 25.7 Å². The number of hydrogen-bond acceptors (Lipinski definition) is 3. The summed E-state index contributed by atoms with van der Waals surface area (Å²) in [4.78, 5) is 14.5. The number of carbonyl (C=O) groups is 1. The van der Waals surface area contributed by atoms with Crippen LogP contribution in [0.2, 0.25) is 0 Å². The van der Waals surface area contributed by atoms with Crippen LogP contribution < -0.4 is 0 Å². The fraction of sp³-hybridized carbons (Fsp3) is 0.923. The Morgan fingerprint density at radius 1 is 1.00 bits per heavy atom. The second-order valence-electron chi connectivity index (χ2n) is 5.13. The van der Waals surface area contributed by atoms with E-state index in [1.807, 2.05) is 0 Å². The number of nitrogens with zero attached hydrogens (tertiary/aromatic N) is 1. The van der Waals surface area contributed by atoms with Gasteiger partial charge in [-0.25, -0.2) is 0 Å². The molecule has 0 bridgehead atoms. The van der Waals surface area contributed by atoms with E-state index in [1.54, 1.807) is 0 Å². The maximum absolute atomic E-state index is 12.1. The smallest absolute Gasteiger partial charge is 0.326 e. The van der Waals surface area contributed by atoms with Crippen molar-refractivity contribution in [2.45, 2.75) is 56.9 Å². The van der Waals surface area contributed by atoms with Crippen molar-refractivity contribution in [1.82, 2.24) is 4.90 Å². The van der Waals surface area contributed by atoms with Crippen LogP contribution in [-0.2, 0) is 9.53 Å². The van der Waals surface area contributed by atoms with Crippen LogP contribution in [0.25, 0.3) is 0 Å². The van der Waals surface area contributed by atoms with E-state index in [4.69, 9.17) is 4.74 Å². The summed E-state index contributed by atoms with van der Waals surface area (Å²) in [5.41, 5.74) is -0.265. The van der Waals surface area contributed by atoms with E-state index in [1.165, 1.54) is 45.6 Å². The molecule has 0 aromatic rings. The largest absolute Gasteiger partial charge is 0.468 e. The lowest BCUT2D eigenvalue weighted by Gasteiger charge is -2.38. The van der Waals surface area contributed by atoms with E-state index < -0.39 is 0 Å². The summed E-state index contributed by atoms with van der Waals surface area (Å²) in [6.45, 7) is 2.16. The molecule has 0 spiro atoms. The zero-order chi connectivity index (χ0) is 11.4. The minimum absolute atomic E-state index is 0.00639. The molecule has 1 saturated carbocycles. The summed E-state index contributed by atoms with van der Waals surface area (Å²) in [6.07, 6.45) is 9.44. The zero-order valence-electron chi connectivity index (χ0n) is 10.3. The molecule has 2 fully saturated rings. The van der Waals surface area contributed by atoms with Gasteiger partial charge in [0.15, 0.2) is 0 Å². The predicted octanol–water partition coefficient (Wildman–Crippen LogP) is 2.35. The Kier molecular flexibility index (Phi) is 3.85. The lowest BCUT2D eigenvalue weighted by molar-refractivity contribution is -0.155. The highest BCUT2D eigenvalue weighted by Crippen LogP contribution is 2.37. The predicted molar refractivity (Wildman–Crippen MR) is 63.3 cm³/mol. The number of esters is 1. The van der Waals surface area contributed by atoms with Gasteiger partial charge < -0.3 is 4.74 Å². The van der Waals surface area contributed by atoms with Gasteiger partial charge in [0.05, 0.1) is 7.11 Å². The fourth-order valence-corrected chi connectivity index (χ4v) is 3.30. The first-order valence-corrected chi connectivity index (χ1v) is 6.63. The lowest BCUT2D eigenvalue weighted by atomic mass is 9.94. The maximum Gasteiger partial charge on any atom is 0.326 e. The molecular formula is C13H23NO2. The van der Waals surface area contributed by atoms with Gasteiger partial charge in [-0.15, -0.1) is 0 Å². The van der Waals surface area contributed by atoms with Crippen LogP contribution in [-0.4, -0.2) is 36.6 Å². The van der Waals surface area contributed by atoms with Crippen LogP contribution in [0.1, 0.15) is 51.4 Å². The average Bonchev–Trinajstić information content (AvgIpc) is 2.65. The normalized spacial score (nSPS) is 26.3. The molecule has 0 atom stereocenters. The standard InChI is InChI=1S/C13H23NO2/c1-16-12(15)13(8-4-5-9-13)14-10-6-2-3-7-11-14/h2-11H2,1H3. The first-order valence-electron chi connectivity index (χ1n) is 6.63. The van der Waals surface area contributed by atoms with Crippen LogP contribution in [0.3, 0.4) is 0 Å². The molecule has 0 radical (unpaired) electrons. The van der Waals surface area contributed by atoms with Gasteiger partial charge in [-0.05, 0) is 38.8 Å². The zero-order valence-corrected chi connectivity index (χ0v) is 10.3.